The molecule has 0 saturated heterocycles. The van der Waals surface area contributed by atoms with Gasteiger partial charge in [0, 0.05) is 6.08 Å². The van der Waals surface area contributed by atoms with Gasteiger partial charge in [-0.05, 0) is 25.8 Å². The van der Waals surface area contributed by atoms with Crippen LogP contribution in [-0.2, 0) is 19.1 Å². The molecule has 0 unspecified atom stereocenters. The van der Waals surface area contributed by atoms with Crippen molar-refractivity contribution in [3.8, 4) is 0 Å². The van der Waals surface area contributed by atoms with Crippen molar-refractivity contribution in [2.75, 3.05) is 13.2 Å². The van der Waals surface area contributed by atoms with Crippen LogP contribution in [0.4, 0.5) is 0 Å². The van der Waals surface area contributed by atoms with Gasteiger partial charge in [0.25, 0.3) is 0 Å². The van der Waals surface area contributed by atoms with Gasteiger partial charge in [-0.3, -0.25) is 0 Å². The second kappa shape index (κ2) is 16.6. The maximum Gasteiger partial charge on any atom is 0.372 e. The molecule has 0 aliphatic rings. The average molecular weight is 328 g/mol. The van der Waals surface area contributed by atoms with Crippen LogP contribution in [0.25, 0.3) is 0 Å². The topological polar surface area (TPSA) is 72.8 Å². The first-order valence-corrected chi connectivity index (χ1v) is 8.19. The molecule has 0 saturated carbocycles. The lowest BCUT2D eigenvalue weighted by Gasteiger charge is -2.04. The molecule has 0 radical (unpaired) electrons. The normalized spacial score (nSPS) is 9.57. The second-order valence-electron chi connectivity index (χ2n) is 5.49. The van der Waals surface area contributed by atoms with E-state index in [-0.39, 0.29) is 12.6 Å². The van der Waals surface area contributed by atoms with E-state index in [0.29, 0.717) is 6.61 Å². The minimum absolute atomic E-state index is 0.262. The van der Waals surface area contributed by atoms with Gasteiger partial charge in [0.2, 0.25) is 0 Å². The molecule has 0 fully saturated rings. The van der Waals surface area contributed by atoms with E-state index in [1.165, 1.54) is 31.8 Å². The van der Waals surface area contributed by atoms with E-state index in [1.54, 1.807) is 6.92 Å². The fourth-order valence-electron chi connectivity index (χ4n) is 1.63. The third-order valence-corrected chi connectivity index (χ3v) is 2.85. The first-order chi connectivity index (χ1) is 10.8. The average Bonchev–Trinajstić information content (AvgIpc) is 2.50. The molecular formula is C18H32O5. The van der Waals surface area contributed by atoms with Crippen LogP contribution in [0.5, 0.6) is 0 Å². The molecule has 1 N–H and O–H groups in total. The number of aliphatic hydroxyl groups excluding tert-OH is 1. The van der Waals surface area contributed by atoms with E-state index in [9.17, 15) is 9.59 Å². The van der Waals surface area contributed by atoms with Gasteiger partial charge >= 0.3 is 11.9 Å². The zero-order chi connectivity index (χ0) is 18.1. The van der Waals surface area contributed by atoms with Crippen LogP contribution < -0.4 is 0 Å². The first-order valence-electron chi connectivity index (χ1n) is 8.19. The van der Waals surface area contributed by atoms with Crippen molar-refractivity contribution in [2.24, 2.45) is 5.92 Å². The molecule has 0 aromatic rings. The molecule has 0 aliphatic heterocycles. The Morgan fingerprint density at radius 3 is 2.09 bits per heavy atom. The van der Waals surface area contributed by atoms with Crippen molar-refractivity contribution in [2.45, 2.75) is 59.3 Å². The van der Waals surface area contributed by atoms with Crippen molar-refractivity contribution >= 4 is 11.9 Å². The van der Waals surface area contributed by atoms with Crippen LogP contribution in [-0.4, -0.2) is 30.3 Å². The van der Waals surface area contributed by atoms with E-state index < -0.39 is 11.7 Å². The highest BCUT2D eigenvalue weighted by molar-refractivity contribution is 5.84. The van der Waals surface area contributed by atoms with Crippen molar-refractivity contribution < 1.29 is 24.2 Å². The Morgan fingerprint density at radius 1 is 1.09 bits per heavy atom. The number of rotatable bonds is 11. The summed E-state index contributed by atoms with van der Waals surface area (Å²) in [6, 6.07) is 0. The highest BCUT2D eigenvalue weighted by atomic mass is 16.5. The smallest absolute Gasteiger partial charge is 0.372 e. The quantitative estimate of drug-likeness (QED) is 0.264. The summed E-state index contributed by atoms with van der Waals surface area (Å²) in [5.41, 5.74) is 0. The van der Waals surface area contributed by atoms with E-state index in [2.05, 4.69) is 31.7 Å². The van der Waals surface area contributed by atoms with Gasteiger partial charge in [-0.25, -0.2) is 9.59 Å². The van der Waals surface area contributed by atoms with Crippen LogP contribution in [0.2, 0.25) is 0 Å². The lowest BCUT2D eigenvalue weighted by molar-refractivity contribution is -0.141. The van der Waals surface area contributed by atoms with E-state index in [4.69, 9.17) is 9.84 Å². The number of unbranched alkanes of at least 4 members (excludes halogenated alkanes) is 4. The zero-order valence-corrected chi connectivity index (χ0v) is 14.8. The van der Waals surface area contributed by atoms with Gasteiger partial charge < -0.3 is 14.6 Å². The van der Waals surface area contributed by atoms with E-state index in [1.807, 2.05) is 0 Å². The highest BCUT2D eigenvalue weighted by Crippen LogP contribution is 2.10. The summed E-state index contributed by atoms with van der Waals surface area (Å²) in [4.78, 5) is 20.9. The Labute approximate surface area is 140 Å². The molecule has 0 atom stereocenters. The van der Waals surface area contributed by atoms with Crippen LogP contribution in [0, 0.1) is 5.92 Å². The molecule has 0 amide bonds. The lowest BCUT2D eigenvalue weighted by atomic mass is 10.0. The molecule has 0 aromatic heterocycles. The molecule has 0 aliphatic carbocycles. The number of carbonyl (C=O) groups excluding carboxylic acids is 2. The molecule has 5 nitrogen and oxygen atoms in total. The number of esters is 2. The fourth-order valence-corrected chi connectivity index (χ4v) is 1.63. The van der Waals surface area contributed by atoms with Crippen molar-refractivity contribution in [1.29, 1.82) is 0 Å². The Balaban J connectivity index is 0. The minimum atomic E-state index is -0.757. The summed E-state index contributed by atoms with van der Waals surface area (Å²) in [7, 11) is 0. The summed E-state index contributed by atoms with van der Waals surface area (Å²) in [5, 5.41) is 8.28. The fraction of sp³-hybridized carbons (Fsp3) is 0.667. The zero-order valence-electron chi connectivity index (χ0n) is 14.8. The second-order valence-corrected chi connectivity index (χ2v) is 5.49. The Hall–Kier alpha value is -1.78. The number of ether oxygens (including phenoxy) is 2. The van der Waals surface area contributed by atoms with Gasteiger partial charge in [-0.15, -0.1) is 0 Å². The van der Waals surface area contributed by atoms with Gasteiger partial charge in [-0.1, -0.05) is 52.5 Å². The molecule has 134 valence electrons. The third-order valence-electron chi connectivity index (χ3n) is 2.85. The highest BCUT2D eigenvalue weighted by Gasteiger charge is 2.01. The standard InChI is InChI=1S/C13H24O2.C5H8O3/c1-4-13(14)15-11-9-7-5-6-8-10-12(2)3;1-3-8-5(7)4(2)6/h4,12H,1,5-11H2,2-3H3;6H,2-3H2,1H3. The van der Waals surface area contributed by atoms with Crippen LogP contribution in [0.1, 0.15) is 59.3 Å². The molecule has 0 spiro atoms. The largest absolute Gasteiger partial charge is 0.502 e. The van der Waals surface area contributed by atoms with Gasteiger partial charge in [0.15, 0.2) is 5.76 Å². The van der Waals surface area contributed by atoms with Crippen molar-refractivity contribution in [1.82, 2.24) is 0 Å². The third kappa shape index (κ3) is 20.2. The molecule has 0 heterocycles. The van der Waals surface area contributed by atoms with Crippen molar-refractivity contribution in [3.05, 3.63) is 25.0 Å². The van der Waals surface area contributed by atoms with Gasteiger partial charge in [0.1, 0.15) is 0 Å². The van der Waals surface area contributed by atoms with Crippen molar-refractivity contribution in [3.63, 3.8) is 0 Å². The predicted octanol–water partition coefficient (Wildman–Crippen LogP) is 4.33. The Bertz CT molecular complexity index is 347. The molecule has 5 heteroatoms. The Kier molecular flexibility index (Phi) is 16.9. The molecule has 23 heavy (non-hydrogen) atoms. The number of aliphatic hydroxyl groups is 1. The maximum absolute atomic E-state index is 10.7. The molecule has 0 bridgehead atoms. The molecule has 0 aromatic carbocycles. The summed E-state index contributed by atoms with van der Waals surface area (Å²) in [6.45, 7) is 13.3. The molecular weight excluding hydrogens is 296 g/mol. The van der Waals surface area contributed by atoms with E-state index >= 15 is 0 Å². The predicted molar refractivity (Wildman–Crippen MR) is 92.1 cm³/mol. The van der Waals surface area contributed by atoms with Gasteiger partial charge in [-0.2, -0.15) is 0 Å². The summed E-state index contributed by atoms with van der Waals surface area (Å²) >= 11 is 0. The number of hydrogen-bond acceptors (Lipinski definition) is 5. The monoisotopic (exact) mass is 328 g/mol. The SMILES string of the molecule is C=C(O)C(=O)OCC.C=CC(=O)OCCCCCCCC(C)C. The number of hydrogen-bond donors (Lipinski definition) is 1. The summed E-state index contributed by atoms with van der Waals surface area (Å²) in [6.07, 6.45) is 8.54. The first kappa shape index (κ1) is 23.5. The maximum atomic E-state index is 10.7. The lowest BCUT2D eigenvalue weighted by Crippen LogP contribution is -2.05. The number of carbonyl (C=O) groups is 2. The van der Waals surface area contributed by atoms with E-state index in [0.717, 1.165) is 18.8 Å². The molecule has 0 rings (SSSR count). The summed E-state index contributed by atoms with van der Waals surface area (Å²) < 4.78 is 9.19. The minimum Gasteiger partial charge on any atom is -0.502 e. The summed E-state index contributed by atoms with van der Waals surface area (Å²) in [5.74, 6) is -0.798. The van der Waals surface area contributed by atoms with Crippen LogP contribution in [0.15, 0.2) is 25.0 Å². The van der Waals surface area contributed by atoms with Crippen LogP contribution >= 0.6 is 0 Å². The van der Waals surface area contributed by atoms with Crippen LogP contribution in [0.3, 0.4) is 0 Å². The Morgan fingerprint density at radius 2 is 1.65 bits per heavy atom. The van der Waals surface area contributed by atoms with Gasteiger partial charge in [0.05, 0.1) is 13.2 Å².